The molecule has 0 radical (unpaired) electrons. The number of benzene rings is 3. The molecule has 1 atom stereocenters. The zero-order valence-corrected chi connectivity index (χ0v) is 29.0. The van der Waals surface area contributed by atoms with Crippen molar-refractivity contribution in [3.05, 3.63) is 75.2 Å². The first kappa shape index (κ1) is 35.5. The van der Waals surface area contributed by atoms with Crippen LogP contribution < -0.4 is 23.8 Å². The molecule has 2 amide bonds. The lowest BCUT2D eigenvalue weighted by atomic mass is 10.1. The summed E-state index contributed by atoms with van der Waals surface area (Å²) in [6, 6.07) is 12.4. The largest absolute Gasteiger partial charge is 0.495 e. The minimum atomic E-state index is -4.47. The Morgan fingerprint density at radius 2 is 1.48 bits per heavy atom. The number of nitrogens with zero attached hydrogens (tertiary/aromatic N) is 2. The first-order valence-corrected chi connectivity index (χ1v) is 17.1. The number of methoxy groups -OCH3 is 3. The van der Waals surface area contributed by atoms with Gasteiger partial charge in [0, 0.05) is 33.7 Å². The van der Waals surface area contributed by atoms with Crippen molar-refractivity contribution in [2.24, 2.45) is 0 Å². The predicted octanol–water partition coefficient (Wildman–Crippen LogP) is 6.34. The summed E-state index contributed by atoms with van der Waals surface area (Å²) in [5, 5.41) is 3.94. The second-order valence-electron chi connectivity index (χ2n) is 10.8. The van der Waals surface area contributed by atoms with Gasteiger partial charge in [0.1, 0.15) is 18.3 Å². The maximum Gasteiger partial charge on any atom is 0.265 e. The average molecular weight is 713 g/mol. The standard InChI is InChI=1S/C32H36Cl3N3O7S/c1-20(32(40)36-24-7-5-6-8-24)37(18-21-9-10-22(33)15-26(21)35)31(39)19-38(27-16-23(34)11-13-28(27)43-2)46(41,42)25-12-14-29(44-3)30(17-25)45-4/h9-17,20,24H,5-8,18-19H2,1-4H3,(H,36,40)/t20-/m1/s1. The molecule has 0 aromatic heterocycles. The van der Waals surface area contributed by atoms with Gasteiger partial charge in [0.2, 0.25) is 11.8 Å². The van der Waals surface area contributed by atoms with Crippen molar-refractivity contribution in [2.45, 2.75) is 56.1 Å². The van der Waals surface area contributed by atoms with Gasteiger partial charge in [-0.1, -0.05) is 53.7 Å². The van der Waals surface area contributed by atoms with Crippen LogP contribution in [0.15, 0.2) is 59.5 Å². The van der Waals surface area contributed by atoms with E-state index in [1.54, 1.807) is 19.1 Å². The summed E-state index contributed by atoms with van der Waals surface area (Å²) in [5.41, 5.74) is 0.542. The first-order valence-electron chi connectivity index (χ1n) is 14.5. The topological polar surface area (TPSA) is 114 Å². The van der Waals surface area contributed by atoms with Crippen LogP contribution >= 0.6 is 34.8 Å². The zero-order chi connectivity index (χ0) is 33.6. The molecule has 1 aliphatic carbocycles. The van der Waals surface area contributed by atoms with Crippen LogP contribution in [-0.4, -0.2) is 65.1 Å². The lowest BCUT2D eigenvalue weighted by molar-refractivity contribution is -0.139. The van der Waals surface area contributed by atoms with Crippen molar-refractivity contribution in [3.63, 3.8) is 0 Å². The van der Waals surface area contributed by atoms with Crippen LogP contribution in [0.2, 0.25) is 15.1 Å². The number of halogens is 3. The highest BCUT2D eigenvalue weighted by molar-refractivity contribution is 7.92. The second kappa shape index (κ2) is 15.5. The van der Waals surface area contributed by atoms with E-state index in [0.717, 1.165) is 30.0 Å². The van der Waals surface area contributed by atoms with Gasteiger partial charge in [-0.15, -0.1) is 0 Å². The number of carbonyl (C=O) groups excluding carboxylic acids is 2. The molecule has 4 rings (SSSR count). The van der Waals surface area contributed by atoms with Crippen LogP contribution in [-0.2, 0) is 26.2 Å². The fourth-order valence-electron chi connectivity index (χ4n) is 5.28. The van der Waals surface area contributed by atoms with Gasteiger partial charge < -0.3 is 24.4 Å². The van der Waals surface area contributed by atoms with Crippen LogP contribution in [0, 0.1) is 0 Å². The molecule has 46 heavy (non-hydrogen) atoms. The minimum absolute atomic E-state index is 0.00340. The zero-order valence-electron chi connectivity index (χ0n) is 25.9. The Balaban J connectivity index is 1.79. The summed E-state index contributed by atoms with van der Waals surface area (Å²) in [5.74, 6) is -0.395. The number of amides is 2. The lowest BCUT2D eigenvalue weighted by Crippen LogP contribution is -2.52. The van der Waals surface area contributed by atoms with E-state index in [-0.39, 0.29) is 45.6 Å². The third-order valence-corrected chi connectivity index (χ3v) is 10.4. The highest BCUT2D eigenvalue weighted by Gasteiger charge is 2.35. The smallest absolute Gasteiger partial charge is 0.265 e. The molecule has 1 fully saturated rings. The van der Waals surface area contributed by atoms with E-state index >= 15 is 0 Å². The molecule has 0 saturated heterocycles. The van der Waals surface area contributed by atoms with Crippen molar-refractivity contribution >= 4 is 62.3 Å². The molecule has 3 aromatic carbocycles. The molecular weight excluding hydrogens is 677 g/mol. The number of sulfonamides is 1. The number of ether oxygens (including phenoxy) is 3. The van der Waals surface area contributed by atoms with E-state index in [2.05, 4.69) is 5.32 Å². The van der Waals surface area contributed by atoms with Crippen LogP contribution in [0.5, 0.6) is 17.2 Å². The molecule has 3 aromatic rings. The van der Waals surface area contributed by atoms with Crippen molar-refractivity contribution in [3.8, 4) is 17.2 Å². The third kappa shape index (κ3) is 8.12. The highest BCUT2D eigenvalue weighted by atomic mass is 35.5. The normalized spacial score (nSPS) is 14.0. The predicted molar refractivity (Wildman–Crippen MR) is 179 cm³/mol. The van der Waals surface area contributed by atoms with E-state index in [9.17, 15) is 18.0 Å². The Kier molecular flexibility index (Phi) is 11.9. The average Bonchev–Trinajstić information content (AvgIpc) is 3.55. The molecule has 248 valence electrons. The van der Waals surface area contributed by atoms with E-state index < -0.39 is 28.5 Å². The van der Waals surface area contributed by atoms with Crippen LogP contribution in [0.3, 0.4) is 0 Å². The second-order valence-corrected chi connectivity index (χ2v) is 13.9. The number of hydrogen-bond acceptors (Lipinski definition) is 7. The molecule has 0 bridgehead atoms. The van der Waals surface area contributed by atoms with E-state index in [1.807, 2.05) is 0 Å². The van der Waals surface area contributed by atoms with Crippen LogP contribution in [0.25, 0.3) is 0 Å². The summed E-state index contributed by atoms with van der Waals surface area (Å²) < 4.78 is 45.7. The summed E-state index contributed by atoms with van der Waals surface area (Å²) in [7, 11) is -0.286. The van der Waals surface area contributed by atoms with Gasteiger partial charge in [-0.05, 0) is 67.8 Å². The quantitative estimate of drug-likeness (QED) is 0.220. The fourth-order valence-corrected chi connectivity index (χ4v) is 7.35. The first-order chi connectivity index (χ1) is 21.9. The lowest BCUT2D eigenvalue weighted by Gasteiger charge is -2.33. The summed E-state index contributed by atoms with van der Waals surface area (Å²) in [4.78, 5) is 28.9. The molecule has 0 unspecified atom stereocenters. The minimum Gasteiger partial charge on any atom is -0.495 e. The molecule has 1 N–H and O–H groups in total. The van der Waals surface area contributed by atoms with Crippen molar-refractivity contribution in [1.82, 2.24) is 10.2 Å². The van der Waals surface area contributed by atoms with Gasteiger partial charge >= 0.3 is 0 Å². The van der Waals surface area contributed by atoms with Crippen molar-refractivity contribution in [1.29, 1.82) is 0 Å². The molecule has 1 saturated carbocycles. The van der Waals surface area contributed by atoms with Crippen molar-refractivity contribution in [2.75, 3.05) is 32.2 Å². The maximum absolute atomic E-state index is 14.4. The number of rotatable bonds is 13. The monoisotopic (exact) mass is 711 g/mol. The Hall–Kier alpha value is -3.38. The number of nitrogens with one attached hydrogen (secondary N) is 1. The Bertz CT molecular complexity index is 1680. The molecule has 0 aliphatic heterocycles. The molecule has 1 aliphatic rings. The maximum atomic E-state index is 14.4. The van der Waals surface area contributed by atoms with Gasteiger partial charge in [-0.2, -0.15) is 0 Å². The summed E-state index contributed by atoms with van der Waals surface area (Å²) >= 11 is 18.9. The van der Waals surface area contributed by atoms with Crippen molar-refractivity contribution < 1.29 is 32.2 Å². The summed E-state index contributed by atoms with van der Waals surface area (Å²) in [6.07, 6.45) is 3.71. The Morgan fingerprint density at radius 3 is 2.11 bits per heavy atom. The van der Waals surface area contributed by atoms with Crippen LogP contribution in [0.4, 0.5) is 5.69 Å². The number of anilines is 1. The molecular formula is C32H36Cl3N3O7S. The van der Waals surface area contributed by atoms with Gasteiger partial charge in [-0.3, -0.25) is 13.9 Å². The van der Waals surface area contributed by atoms with Gasteiger partial charge in [-0.25, -0.2) is 8.42 Å². The van der Waals surface area contributed by atoms with Gasteiger partial charge in [0.25, 0.3) is 10.0 Å². The summed E-state index contributed by atoms with van der Waals surface area (Å²) in [6.45, 7) is 0.795. The molecule has 14 heteroatoms. The highest BCUT2D eigenvalue weighted by Crippen LogP contribution is 2.37. The van der Waals surface area contributed by atoms with Gasteiger partial charge in [0.15, 0.2) is 11.5 Å². The number of carbonyl (C=O) groups is 2. The van der Waals surface area contributed by atoms with E-state index in [0.29, 0.717) is 21.4 Å². The molecule has 0 heterocycles. The van der Waals surface area contributed by atoms with Gasteiger partial charge in [0.05, 0.1) is 31.9 Å². The molecule has 10 nitrogen and oxygen atoms in total. The third-order valence-electron chi connectivity index (χ3n) is 7.86. The Labute approximate surface area is 284 Å². The Morgan fingerprint density at radius 1 is 0.870 bits per heavy atom. The van der Waals surface area contributed by atoms with E-state index in [4.69, 9.17) is 49.0 Å². The van der Waals surface area contributed by atoms with Crippen LogP contribution in [0.1, 0.15) is 38.2 Å². The SMILES string of the molecule is COc1ccc(S(=O)(=O)N(CC(=O)N(Cc2ccc(Cl)cc2Cl)[C@H](C)C(=O)NC2CCCC2)c2cc(Cl)ccc2OC)cc1OC. The fraction of sp³-hybridized carbons (Fsp3) is 0.375. The number of hydrogen-bond donors (Lipinski definition) is 1. The van der Waals surface area contributed by atoms with E-state index in [1.165, 1.54) is 68.7 Å². The molecule has 0 spiro atoms.